The number of hydrogen-bond acceptors (Lipinski definition) is 4. The Labute approximate surface area is 171 Å². The number of likely N-dealkylation sites (N-methyl/N-ethyl adjacent to an activating group) is 1. The van der Waals surface area contributed by atoms with Gasteiger partial charge in [-0.3, -0.25) is 24.1 Å². The van der Waals surface area contributed by atoms with E-state index in [0.29, 0.717) is 0 Å². The highest BCUT2D eigenvalue weighted by Crippen LogP contribution is 2.37. The first kappa shape index (κ1) is 21.0. The van der Waals surface area contributed by atoms with Crippen molar-refractivity contribution in [3.63, 3.8) is 0 Å². The molecule has 2 atom stereocenters. The van der Waals surface area contributed by atoms with Crippen LogP contribution in [0.15, 0.2) is 24.3 Å². The van der Waals surface area contributed by atoms with Crippen LogP contribution in [0.3, 0.4) is 0 Å². The highest BCUT2D eigenvalue weighted by atomic mass is 16.2. The highest BCUT2D eigenvalue weighted by Gasteiger charge is 2.47. The number of anilines is 1. The lowest BCUT2D eigenvalue weighted by Gasteiger charge is -2.20. The predicted octanol–water partition coefficient (Wildman–Crippen LogP) is 2.21. The predicted molar refractivity (Wildman–Crippen MR) is 109 cm³/mol. The lowest BCUT2D eigenvalue weighted by Crippen LogP contribution is -2.38. The normalized spacial score (nSPS) is 21.1. The molecule has 0 aromatic heterocycles. The number of carbonyl (C=O) groups is 4. The summed E-state index contributed by atoms with van der Waals surface area (Å²) in [4.78, 5) is 52.3. The van der Waals surface area contributed by atoms with Crippen molar-refractivity contribution in [1.82, 2.24) is 9.80 Å². The van der Waals surface area contributed by atoms with Crippen LogP contribution in [0.4, 0.5) is 5.69 Å². The summed E-state index contributed by atoms with van der Waals surface area (Å²) < 4.78 is 0. The minimum absolute atomic E-state index is 0.0340. The number of benzene rings is 1. The molecule has 0 spiro atoms. The van der Waals surface area contributed by atoms with Gasteiger partial charge in [-0.1, -0.05) is 38.0 Å². The fourth-order valence-electron chi connectivity index (χ4n) is 4.29. The first-order valence-electron chi connectivity index (χ1n) is 10.4. The molecule has 156 valence electrons. The van der Waals surface area contributed by atoms with Gasteiger partial charge < -0.3 is 10.2 Å². The average molecular weight is 399 g/mol. The molecule has 4 amide bonds. The number of carbonyl (C=O) groups excluding carboxylic acids is 4. The SMILES string of the molecule is CCc1ccccc1NC(=O)CN(C)C(=O)CCN1C(=O)[C@H]2CCCC[C@@H]2C1=O. The van der Waals surface area contributed by atoms with Gasteiger partial charge in [-0.05, 0) is 30.9 Å². The number of nitrogens with one attached hydrogen (secondary N) is 1. The zero-order valence-electron chi connectivity index (χ0n) is 17.1. The molecule has 1 aromatic carbocycles. The minimum atomic E-state index is -0.277. The summed E-state index contributed by atoms with van der Waals surface area (Å²) in [6, 6.07) is 7.56. The smallest absolute Gasteiger partial charge is 0.243 e. The number of aryl methyl sites for hydroxylation is 1. The monoisotopic (exact) mass is 399 g/mol. The quantitative estimate of drug-likeness (QED) is 0.712. The van der Waals surface area contributed by atoms with Crippen molar-refractivity contribution in [2.24, 2.45) is 11.8 Å². The summed E-state index contributed by atoms with van der Waals surface area (Å²) in [5.74, 6) is -1.21. The molecule has 0 radical (unpaired) electrons. The zero-order chi connectivity index (χ0) is 21.0. The van der Waals surface area contributed by atoms with Gasteiger partial charge in [-0.25, -0.2) is 0 Å². The Bertz CT molecular complexity index is 783. The molecule has 1 saturated carbocycles. The maximum absolute atomic E-state index is 12.5. The zero-order valence-corrected chi connectivity index (χ0v) is 17.1. The summed E-state index contributed by atoms with van der Waals surface area (Å²) >= 11 is 0. The van der Waals surface area contributed by atoms with Gasteiger partial charge in [0.1, 0.15) is 0 Å². The van der Waals surface area contributed by atoms with E-state index >= 15 is 0 Å². The number of imide groups is 1. The van der Waals surface area contributed by atoms with Crippen molar-refractivity contribution >= 4 is 29.3 Å². The van der Waals surface area contributed by atoms with E-state index in [4.69, 9.17) is 0 Å². The maximum Gasteiger partial charge on any atom is 0.243 e. The second-order valence-electron chi connectivity index (χ2n) is 7.88. The van der Waals surface area contributed by atoms with Gasteiger partial charge >= 0.3 is 0 Å². The molecule has 1 aliphatic carbocycles. The molecule has 1 aromatic rings. The fraction of sp³-hybridized carbons (Fsp3) is 0.545. The van der Waals surface area contributed by atoms with Crippen molar-refractivity contribution in [1.29, 1.82) is 0 Å². The summed E-state index contributed by atoms with van der Waals surface area (Å²) in [6.07, 6.45) is 4.31. The van der Waals surface area contributed by atoms with E-state index in [0.717, 1.165) is 43.4 Å². The Morgan fingerprint density at radius 3 is 2.34 bits per heavy atom. The van der Waals surface area contributed by atoms with Gasteiger partial charge in [-0.15, -0.1) is 0 Å². The third-order valence-corrected chi connectivity index (χ3v) is 5.96. The number of para-hydroxylation sites is 1. The van der Waals surface area contributed by atoms with E-state index in [2.05, 4.69) is 5.32 Å². The summed E-state index contributed by atoms with van der Waals surface area (Å²) in [5.41, 5.74) is 1.78. The lowest BCUT2D eigenvalue weighted by atomic mass is 9.81. The largest absolute Gasteiger partial charge is 0.336 e. The maximum atomic E-state index is 12.5. The van der Waals surface area contributed by atoms with Crippen molar-refractivity contribution in [2.75, 3.05) is 25.5 Å². The van der Waals surface area contributed by atoms with Crippen molar-refractivity contribution in [3.8, 4) is 0 Å². The van der Waals surface area contributed by atoms with Crippen LogP contribution in [-0.4, -0.2) is 53.6 Å². The Morgan fingerprint density at radius 2 is 1.72 bits per heavy atom. The molecule has 1 N–H and O–H groups in total. The van der Waals surface area contributed by atoms with Gasteiger partial charge in [-0.2, -0.15) is 0 Å². The topological polar surface area (TPSA) is 86.8 Å². The Balaban J connectivity index is 1.50. The molecule has 1 heterocycles. The van der Waals surface area contributed by atoms with Crippen LogP contribution in [0.2, 0.25) is 0 Å². The van der Waals surface area contributed by atoms with Crippen molar-refractivity contribution in [3.05, 3.63) is 29.8 Å². The molecule has 7 nitrogen and oxygen atoms in total. The van der Waals surface area contributed by atoms with Gasteiger partial charge in [0, 0.05) is 25.7 Å². The van der Waals surface area contributed by atoms with Gasteiger partial charge in [0.2, 0.25) is 23.6 Å². The van der Waals surface area contributed by atoms with E-state index < -0.39 is 0 Å². The summed E-state index contributed by atoms with van der Waals surface area (Å²) in [6.45, 7) is 2.02. The van der Waals surface area contributed by atoms with Gasteiger partial charge in [0.25, 0.3) is 0 Å². The molecular formula is C22H29N3O4. The molecule has 2 fully saturated rings. The van der Waals surface area contributed by atoms with E-state index in [1.54, 1.807) is 7.05 Å². The number of likely N-dealkylation sites (tertiary alicyclic amines) is 1. The molecule has 3 rings (SSSR count). The minimum Gasteiger partial charge on any atom is -0.336 e. The van der Waals surface area contributed by atoms with E-state index in [1.165, 1.54) is 9.80 Å². The third kappa shape index (κ3) is 4.66. The molecule has 29 heavy (non-hydrogen) atoms. The van der Waals surface area contributed by atoms with Crippen LogP contribution < -0.4 is 5.32 Å². The lowest BCUT2D eigenvalue weighted by molar-refractivity contribution is -0.141. The van der Waals surface area contributed by atoms with Gasteiger partial charge in [0.05, 0.1) is 18.4 Å². The second kappa shape index (κ2) is 9.20. The van der Waals surface area contributed by atoms with Gasteiger partial charge in [0.15, 0.2) is 0 Å². The standard InChI is InChI=1S/C22H29N3O4/c1-3-15-8-4-7-11-18(15)23-19(26)14-24(2)20(27)12-13-25-21(28)16-9-5-6-10-17(16)22(25)29/h4,7-8,11,16-17H,3,5-6,9-10,12-14H2,1-2H3,(H,23,26)/t16-,17-/m0/s1. The molecule has 1 saturated heterocycles. The fourth-order valence-corrected chi connectivity index (χ4v) is 4.29. The van der Waals surface area contributed by atoms with Crippen molar-refractivity contribution < 1.29 is 19.2 Å². The van der Waals surface area contributed by atoms with Crippen LogP contribution in [0.25, 0.3) is 0 Å². The number of amides is 4. The average Bonchev–Trinajstić information content (AvgIpc) is 2.97. The molecule has 1 aliphatic heterocycles. The van der Waals surface area contributed by atoms with E-state index in [-0.39, 0.29) is 55.0 Å². The van der Waals surface area contributed by atoms with Crippen LogP contribution in [0, 0.1) is 11.8 Å². The molecular weight excluding hydrogens is 370 g/mol. The Morgan fingerprint density at radius 1 is 1.10 bits per heavy atom. The Kier molecular flexibility index (Phi) is 6.67. The molecule has 7 heteroatoms. The molecule has 2 aliphatic rings. The second-order valence-corrected chi connectivity index (χ2v) is 7.88. The number of fused-ring (bicyclic) bond motifs is 1. The number of hydrogen-bond donors (Lipinski definition) is 1. The van der Waals surface area contributed by atoms with Crippen LogP contribution in [0.5, 0.6) is 0 Å². The van der Waals surface area contributed by atoms with Crippen LogP contribution in [-0.2, 0) is 25.6 Å². The van der Waals surface area contributed by atoms with E-state index in [9.17, 15) is 19.2 Å². The number of nitrogens with zero attached hydrogens (tertiary/aromatic N) is 2. The van der Waals surface area contributed by atoms with Crippen LogP contribution in [0.1, 0.15) is 44.6 Å². The Hall–Kier alpha value is -2.70. The molecule has 0 unspecified atom stereocenters. The third-order valence-electron chi connectivity index (χ3n) is 5.96. The summed E-state index contributed by atoms with van der Waals surface area (Å²) in [7, 11) is 1.56. The first-order valence-corrected chi connectivity index (χ1v) is 10.4. The first-order chi connectivity index (χ1) is 13.9. The van der Waals surface area contributed by atoms with Crippen molar-refractivity contribution in [2.45, 2.75) is 45.4 Å². The van der Waals surface area contributed by atoms with E-state index in [1.807, 2.05) is 31.2 Å². The highest BCUT2D eigenvalue weighted by molar-refractivity contribution is 6.05. The summed E-state index contributed by atoms with van der Waals surface area (Å²) in [5, 5.41) is 2.84. The molecule has 0 bridgehead atoms. The number of rotatable bonds is 7. The van der Waals surface area contributed by atoms with Crippen LogP contribution >= 0.6 is 0 Å².